The molecule has 7 nitrogen and oxygen atoms in total. The first kappa shape index (κ1) is 23.4. The molecule has 0 unspecified atom stereocenters. The van der Waals surface area contributed by atoms with E-state index < -0.39 is 21.8 Å². The van der Waals surface area contributed by atoms with Crippen LogP contribution in [-0.2, 0) is 26.2 Å². The second kappa shape index (κ2) is 9.27. The summed E-state index contributed by atoms with van der Waals surface area (Å²) >= 11 is 0. The summed E-state index contributed by atoms with van der Waals surface area (Å²) in [6.45, 7) is 7.68. The van der Waals surface area contributed by atoms with Gasteiger partial charge in [-0.1, -0.05) is 48.0 Å². The fourth-order valence-electron chi connectivity index (χ4n) is 5.09. The van der Waals surface area contributed by atoms with E-state index in [0.717, 1.165) is 22.3 Å². The molecular formula is C25H31N3O4S. The van der Waals surface area contributed by atoms with Gasteiger partial charge in [0.15, 0.2) is 0 Å². The summed E-state index contributed by atoms with van der Waals surface area (Å²) in [5, 5.41) is 0. The van der Waals surface area contributed by atoms with E-state index in [9.17, 15) is 18.0 Å². The SMILES string of the molecule is Cc1cc(C)c(S(=O)(=O)N2CCC(N3CCN(Cc4ccccc4)C(=O)C3=O)CC2)c(C)c1. The van der Waals surface area contributed by atoms with Crippen LogP contribution in [0.25, 0.3) is 0 Å². The number of piperidine rings is 1. The number of sulfonamides is 1. The Balaban J connectivity index is 1.40. The number of amides is 2. The number of hydrogen-bond donors (Lipinski definition) is 0. The highest BCUT2D eigenvalue weighted by Crippen LogP contribution is 2.29. The number of benzene rings is 2. The molecule has 2 aliphatic heterocycles. The van der Waals surface area contributed by atoms with Crippen LogP contribution in [0.15, 0.2) is 47.4 Å². The normalized spacial score (nSPS) is 18.8. The van der Waals surface area contributed by atoms with Gasteiger partial charge in [-0.25, -0.2) is 8.42 Å². The first-order chi connectivity index (χ1) is 15.7. The molecule has 0 aliphatic carbocycles. The minimum Gasteiger partial charge on any atom is -0.330 e. The minimum atomic E-state index is -3.61. The Morgan fingerprint density at radius 2 is 1.45 bits per heavy atom. The Hall–Kier alpha value is -2.71. The van der Waals surface area contributed by atoms with Crippen molar-refractivity contribution >= 4 is 21.8 Å². The fraction of sp³-hybridized carbons (Fsp3) is 0.440. The molecule has 2 saturated heterocycles. The monoisotopic (exact) mass is 469 g/mol. The Bertz CT molecular complexity index is 1130. The Morgan fingerprint density at radius 1 is 0.848 bits per heavy atom. The van der Waals surface area contributed by atoms with Gasteiger partial charge in [0.2, 0.25) is 10.0 Å². The van der Waals surface area contributed by atoms with Crippen molar-refractivity contribution in [3.8, 4) is 0 Å². The van der Waals surface area contributed by atoms with E-state index in [1.54, 1.807) is 9.80 Å². The standard InChI is InChI=1S/C25H31N3O4S/c1-18-15-19(2)23(20(3)16-18)33(31,32)27-11-9-22(10-12-27)28-14-13-26(24(29)25(28)30)17-21-7-5-4-6-8-21/h4-8,15-16,22H,9-14,17H2,1-3H3. The maximum atomic E-state index is 13.3. The molecule has 8 heteroatoms. The largest absolute Gasteiger partial charge is 0.330 e. The van der Waals surface area contributed by atoms with E-state index in [2.05, 4.69) is 0 Å². The van der Waals surface area contributed by atoms with Gasteiger partial charge in [-0.3, -0.25) is 9.59 Å². The summed E-state index contributed by atoms with van der Waals surface area (Å²) in [7, 11) is -3.61. The van der Waals surface area contributed by atoms with Crippen LogP contribution in [0.5, 0.6) is 0 Å². The van der Waals surface area contributed by atoms with Gasteiger partial charge in [0, 0.05) is 38.8 Å². The van der Waals surface area contributed by atoms with Crippen LogP contribution in [0.2, 0.25) is 0 Å². The average molecular weight is 470 g/mol. The first-order valence-corrected chi connectivity index (χ1v) is 12.8. The Morgan fingerprint density at radius 3 is 2.06 bits per heavy atom. The third-order valence-corrected chi connectivity index (χ3v) is 8.83. The molecule has 0 aromatic heterocycles. The molecule has 0 radical (unpaired) electrons. The summed E-state index contributed by atoms with van der Waals surface area (Å²) in [6.07, 6.45) is 1.06. The molecule has 4 rings (SSSR count). The van der Waals surface area contributed by atoms with Crippen molar-refractivity contribution in [2.75, 3.05) is 26.2 Å². The highest BCUT2D eigenvalue weighted by Gasteiger charge is 2.39. The van der Waals surface area contributed by atoms with Crippen LogP contribution >= 0.6 is 0 Å². The summed E-state index contributed by atoms with van der Waals surface area (Å²) in [5.41, 5.74) is 3.54. The van der Waals surface area contributed by atoms with Crippen LogP contribution in [0.3, 0.4) is 0 Å². The summed E-state index contributed by atoms with van der Waals surface area (Å²) in [6, 6.07) is 13.3. The van der Waals surface area contributed by atoms with Crippen molar-refractivity contribution in [2.24, 2.45) is 0 Å². The van der Waals surface area contributed by atoms with Gasteiger partial charge in [0.05, 0.1) is 4.90 Å². The van der Waals surface area contributed by atoms with Crippen LogP contribution in [0, 0.1) is 20.8 Å². The third kappa shape index (κ3) is 4.68. The quantitative estimate of drug-likeness (QED) is 0.631. The highest BCUT2D eigenvalue weighted by molar-refractivity contribution is 7.89. The molecule has 0 saturated carbocycles. The minimum absolute atomic E-state index is 0.119. The molecule has 0 N–H and O–H groups in total. The zero-order valence-electron chi connectivity index (χ0n) is 19.5. The van der Waals surface area contributed by atoms with E-state index in [4.69, 9.17) is 0 Å². The second-order valence-corrected chi connectivity index (χ2v) is 10.9. The highest BCUT2D eigenvalue weighted by atomic mass is 32.2. The zero-order chi connectivity index (χ0) is 23.8. The first-order valence-electron chi connectivity index (χ1n) is 11.4. The number of rotatable bonds is 5. The lowest BCUT2D eigenvalue weighted by atomic mass is 10.0. The van der Waals surface area contributed by atoms with E-state index in [-0.39, 0.29) is 6.04 Å². The van der Waals surface area contributed by atoms with E-state index in [1.165, 1.54) is 4.31 Å². The molecule has 0 spiro atoms. The molecule has 33 heavy (non-hydrogen) atoms. The van der Waals surface area contributed by atoms with Crippen LogP contribution in [0.4, 0.5) is 0 Å². The molecule has 2 fully saturated rings. The Kier molecular flexibility index (Phi) is 6.59. The molecule has 0 atom stereocenters. The smallest absolute Gasteiger partial charge is 0.312 e. The van der Waals surface area contributed by atoms with Gasteiger partial charge >= 0.3 is 11.8 Å². The average Bonchev–Trinajstić information content (AvgIpc) is 2.77. The van der Waals surface area contributed by atoms with Crippen molar-refractivity contribution in [2.45, 2.75) is 51.1 Å². The lowest BCUT2D eigenvalue weighted by Gasteiger charge is -2.41. The van der Waals surface area contributed by atoms with E-state index >= 15 is 0 Å². The predicted octanol–water partition coefficient (Wildman–Crippen LogP) is 2.64. The lowest BCUT2D eigenvalue weighted by Crippen LogP contribution is -2.59. The molecule has 2 aromatic carbocycles. The lowest BCUT2D eigenvalue weighted by molar-refractivity contribution is -0.158. The molecule has 2 aromatic rings. The van der Waals surface area contributed by atoms with Gasteiger partial charge in [-0.05, 0) is 50.3 Å². The molecular weight excluding hydrogens is 438 g/mol. The van der Waals surface area contributed by atoms with Crippen LogP contribution < -0.4 is 0 Å². The van der Waals surface area contributed by atoms with Crippen molar-refractivity contribution in [1.29, 1.82) is 0 Å². The maximum absolute atomic E-state index is 13.3. The van der Waals surface area contributed by atoms with E-state index in [1.807, 2.05) is 63.2 Å². The van der Waals surface area contributed by atoms with Gasteiger partial charge < -0.3 is 9.80 Å². The summed E-state index contributed by atoms with van der Waals surface area (Å²) in [4.78, 5) is 29.2. The third-order valence-electron chi connectivity index (χ3n) is 6.62. The maximum Gasteiger partial charge on any atom is 0.312 e. The fourth-order valence-corrected chi connectivity index (χ4v) is 6.97. The number of carbonyl (C=O) groups excluding carboxylic acids is 2. The molecule has 2 amide bonds. The van der Waals surface area contributed by atoms with E-state index in [0.29, 0.717) is 50.5 Å². The molecule has 176 valence electrons. The van der Waals surface area contributed by atoms with Crippen LogP contribution in [-0.4, -0.2) is 66.6 Å². The van der Waals surface area contributed by atoms with Crippen molar-refractivity contribution in [3.05, 3.63) is 64.7 Å². The molecule has 2 heterocycles. The van der Waals surface area contributed by atoms with Crippen molar-refractivity contribution < 1.29 is 18.0 Å². The molecule has 0 bridgehead atoms. The number of piperazine rings is 1. The number of hydrogen-bond acceptors (Lipinski definition) is 4. The van der Waals surface area contributed by atoms with Gasteiger partial charge in [-0.15, -0.1) is 0 Å². The number of carbonyl (C=O) groups is 2. The summed E-state index contributed by atoms with van der Waals surface area (Å²) < 4.78 is 28.2. The van der Waals surface area contributed by atoms with Crippen LogP contribution in [0.1, 0.15) is 35.1 Å². The Labute approximate surface area is 196 Å². The van der Waals surface area contributed by atoms with Gasteiger partial charge in [-0.2, -0.15) is 4.31 Å². The second-order valence-electron chi connectivity index (χ2n) is 9.07. The molecule has 2 aliphatic rings. The van der Waals surface area contributed by atoms with Gasteiger partial charge in [0.1, 0.15) is 0 Å². The summed E-state index contributed by atoms with van der Waals surface area (Å²) in [5.74, 6) is -0.963. The van der Waals surface area contributed by atoms with Gasteiger partial charge in [0.25, 0.3) is 0 Å². The zero-order valence-corrected chi connectivity index (χ0v) is 20.3. The van der Waals surface area contributed by atoms with Crippen molar-refractivity contribution in [3.63, 3.8) is 0 Å². The predicted molar refractivity (Wildman–Crippen MR) is 126 cm³/mol. The van der Waals surface area contributed by atoms with Crippen molar-refractivity contribution in [1.82, 2.24) is 14.1 Å². The number of nitrogens with zero attached hydrogens (tertiary/aromatic N) is 3. The number of aryl methyl sites for hydroxylation is 3. The topological polar surface area (TPSA) is 78.0 Å².